The van der Waals surface area contributed by atoms with Crippen molar-refractivity contribution in [2.45, 2.75) is 12.5 Å². The molecule has 5 aromatic rings. The zero-order valence-corrected chi connectivity index (χ0v) is 20.2. The maximum atomic E-state index is 13.8. The largest absolute Gasteiger partial charge is 0.349 e. The van der Waals surface area contributed by atoms with Crippen molar-refractivity contribution in [1.29, 1.82) is 0 Å². The van der Waals surface area contributed by atoms with E-state index in [9.17, 15) is 14.9 Å². The fourth-order valence-electron chi connectivity index (χ4n) is 4.35. The second-order valence-electron chi connectivity index (χ2n) is 8.73. The molecule has 0 spiro atoms. The third-order valence-electron chi connectivity index (χ3n) is 6.22. The second-order valence-corrected chi connectivity index (χ2v) is 8.73. The lowest BCUT2D eigenvalue weighted by atomic mass is 9.98. The number of nitro benzene ring substituents is 1. The van der Waals surface area contributed by atoms with E-state index in [1.54, 1.807) is 18.2 Å². The summed E-state index contributed by atoms with van der Waals surface area (Å²) >= 11 is 0. The first-order valence-electron chi connectivity index (χ1n) is 11.9. The standard InChI is InChI=1S/C29H25N5O3/c1-32-17-9-16-27(32)26-20-28(33(31-26)23-14-8-15-24(19-23)34(36)37)29(35)30-25(22-12-6-3-7-13-22)18-21-10-4-2-5-11-21/h2-17,19-20,25H,18H2,1H3,(H,30,35). The number of hydrogen-bond acceptors (Lipinski definition) is 4. The molecule has 0 saturated heterocycles. The van der Waals surface area contributed by atoms with E-state index in [4.69, 9.17) is 0 Å². The average Bonchev–Trinajstić information content (AvgIpc) is 3.56. The molecule has 184 valence electrons. The maximum Gasteiger partial charge on any atom is 0.271 e. The van der Waals surface area contributed by atoms with E-state index in [1.807, 2.05) is 90.6 Å². The van der Waals surface area contributed by atoms with E-state index in [2.05, 4.69) is 10.4 Å². The Labute approximate surface area is 214 Å². The zero-order chi connectivity index (χ0) is 25.8. The second kappa shape index (κ2) is 10.3. The number of aromatic nitrogens is 3. The van der Waals surface area contributed by atoms with Gasteiger partial charge in [-0.25, -0.2) is 4.68 Å². The van der Waals surface area contributed by atoms with Crippen molar-refractivity contribution in [2.24, 2.45) is 7.05 Å². The Bertz CT molecular complexity index is 1540. The molecule has 3 aromatic carbocycles. The molecule has 8 heteroatoms. The molecule has 0 aliphatic rings. The lowest BCUT2D eigenvalue weighted by molar-refractivity contribution is -0.384. The van der Waals surface area contributed by atoms with Crippen LogP contribution in [0.15, 0.2) is 109 Å². The number of amides is 1. The highest BCUT2D eigenvalue weighted by molar-refractivity contribution is 5.94. The minimum Gasteiger partial charge on any atom is -0.349 e. The van der Waals surface area contributed by atoms with Gasteiger partial charge in [-0.3, -0.25) is 14.9 Å². The number of hydrogen-bond donors (Lipinski definition) is 1. The molecule has 1 unspecified atom stereocenters. The van der Waals surface area contributed by atoms with Crippen LogP contribution >= 0.6 is 0 Å². The molecule has 1 atom stereocenters. The predicted octanol–water partition coefficient (Wildman–Crippen LogP) is 5.50. The van der Waals surface area contributed by atoms with Gasteiger partial charge in [0.1, 0.15) is 11.4 Å². The van der Waals surface area contributed by atoms with Crippen LogP contribution in [0.5, 0.6) is 0 Å². The van der Waals surface area contributed by atoms with E-state index in [-0.39, 0.29) is 23.3 Å². The fraction of sp³-hybridized carbons (Fsp3) is 0.103. The van der Waals surface area contributed by atoms with Crippen LogP contribution in [0, 0.1) is 10.1 Å². The van der Waals surface area contributed by atoms with E-state index < -0.39 is 4.92 Å². The monoisotopic (exact) mass is 491 g/mol. The maximum absolute atomic E-state index is 13.8. The van der Waals surface area contributed by atoms with Crippen molar-refractivity contribution < 1.29 is 9.72 Å². The van der Waals surface area contributed by atoms with Gasteiger partial charge < -0.3 is 9.88 Å². The van der Waals surface area contributed by atoms with Gasteiger partial charge in [0, 0.05) is 25.4 Å². The van der Waals surface area contributed by atoms with Crippen LogP contribution in [0.1, 0.15) is 27.7 Å². The van der Waals surface area contributed by atoms with Crippen LogP contribution < -0.4 is 5.32 Å². The van der Waals surface area contributed by atoms with Gasteiger partial charge in [-0.05, 0) is 41.8 Å². The number of carbonyl (C=O) groups excluding carboxylic acids is 1. The molecule has 5 rings (SSSR count). The van der Waals surface area contributed by atoms with Crippen molar-refractivity contribution >= 4 is 11.6 Å². The molecular formula is C29H25N5O3. The molecular weight excluding hydrogens is 466 g/mol. The zero-order valence-electron chi connectivity index (χ0n) is 20.2. The average molecular weight is 492 g/mol. The van der Waals surface area contributed by atoms with Crippen molar-refractivity contribution in [2.75, 3.05) is 0 Å². The third-order valence-corrected chi connectivity index (χ3v) is 6.22. The van der Waals surface area contributed by atoms with Crippen LogP contribution in [-0.2, 0) is 13.5 Å². The molecule has 37 heavy (non-hydrogen) atoms. The molecule has 0 saturated carbocycles. The van der Waals surface area contributed by atoms with Crippen molar-refractivity contribution in [3.05, 3.63) is 136 Å². The topological polar surface area (TPSA) is 95.0 Å². The summed E-state index contributed by atoms with van der Waals surface area (Å²) in [6.07, 6.45) is 2.50. The minimum atomic E-state index is -0.462. The molecule has 1 amide bonds. The Kier molecular flexibility index (Phi) is 6.63. The number of rotatable bonds is 8. The Hall–Kier alpha value is -4.98. The smallest absolute Gasteiger partial charge is 0.271 e. The van der Waals surface area contributed by atoms with Crippen LogP contribution in [-0.4, -0.2) is 25.2 Å². The van der Waals surface area contributed by atoms with Gasteiger partial charge in [0.2, 0.25) is 0 Å². The normalized spacial score (nSPS) is 11.7. The highest BCUT2D eigenvalue weighted by Gasteiger charge is 2.23. The van der Waals surface area contributed by atoms with Crippen LogP contribution in [0.4, 0.5) is 5.69 Å². The van der Waals surface area contributed by atoms with Crippen LogP contribution in [0.3, 0.4) is 0 Å². The molecule has 0 aliphatic carbocycles. The SMILES string of the molecule is Cn1cccc1-c1cc(C(=O)NC(Cc2ccccc2)c2ccccc2)n(-c2cccc([N+](=O)[O-])c2)n1. The minimum absolute atomic E-state index is 0.0778. The van der Waals surface area contributed by atoms with E-state index in [0.29, 0.717) is 17.8 Å². The molecule has 0 bridgehead atoms. The summed E-state index contributed by atoms with van der Waals surface area (Å²) < 4.78 is 3.37. The van der Waals surface area contributed by atoms with E-state index in [1.165, 1.54) is 16.8 Å². The quantitative estimate of drug-likeness (QED) is 0.229. The van der Waals surface area contributed by atoms with Gasteiger partial charge >= 0.3 is 0 Å². The highest BCUT2D eigenvalue weighted by atomic mass is 16.6. The van der Waals surface area contributed by atoms with Crippen LogP contribution in [0.25, 0.3) is 17.1 Å². The van der Waals surface area contributed by atoms with Gasteiger partial charge in [0.05, 0.1) is 22.3 Å². The number of non-ortho nitro benzene ring substituents is 1. The molecule has 0 radical (unpaired) electrons. The highest BCUT2D eigenvalue weighted by Crippen LogP contribution is 2.25. The first-order valence-corrected chi connectivity index (χ1v) is 11.9. The Balaban J connectivity index is 1.55. The third kappa shape index (κ3) is 5.18. The first-order chi connectivity index (χ1) is 18.0. The van der Waals surface area contributed by atoms with Gasteiger partial charge in [0.15, 0.2) is 0 Å². The van der Waals surface area contributed by atoms with Gasteiger partial charge in [-0.15, -0.1) is 0 Å². The van der Waals surface area contributed by atoms with Crippen molar-refractivity contribution in [3.8, 4) is 17.1 Å². The summed E-state index contributed by atoms with van der Waals surface area (Å²) in [6, 6.07) is 31.1. The lowest BCUT2D eigenvalue weighted by Crippen LogP contribution is -2.31. The van der Waals surface area contributed by atoms with Crippen molar-refractivity contribution in [1.82, 2.24) is 19.7 Å². The first kappa shape index (κ1) is 23.7. The summed E-state index contributed by atoms with van der Waals surface area (Å²) in [4.78, 5) is 24.7. The number of aryl methyl sites for hydroxylation is 1. The molecule has 1 N–H and O–H groups in total. The lowest BCUT2D eigenvalue weighted by Gasteiger charge is -2.20. The Morgan fingerprint density at radius 1 is 0.946 bits per heavy atom. The summed E-state index contributed by atoms with van der Waals surface area (Å²) in [5, 5.41) is 19.3. The predicted molar refractivity (Wildman–Crippen MR) is 141 cm³/mol. The van der Waals surface area contributed by atoms with Gasteiger partial charge in [-0.1, -0.05) is 66.7 Å². The molecule has 0 aliphatic heterocycles. The van der Waals surface area contributed by atoms with E-state index >= 15 is 0 Å². The molecule has 0 fully saturated rings. The van der Waals surface area contributed by atoms with Crippen LogP contribution in [0.2, 0.25) is 0 Å². The Morgan fingerprint density at radius 3 is 2.35 bits per heavy atom. The molecule has 2 aromatic heterocycles. The van der Waals surface area contributed by atoms with Gasteiger partial charge in [-0.2, -0.15) is 5.10 Å². The number of benzene rings is 3. The molecule has 8 nitrogen and oxygen atoms in total. The summed E-state index contributed by atoms with van der Waals surface area (Å²) in [5.74, 6) is -0.329. The molecule has 2 heterocycles. The summed E-state index contributed by atoms with van der Waals surface area (Å²) in [5.41, 5.74) is 4.11. The number of nitrogens with zero attached hydrogens (tertiary/aromatic N) is 4. The summed E-state index contributed by atoms with van der Waals surface area (Å²) in [7, 11) is 1.90. The van der Waals surface area contributed by atoms with Gasteiger partial charge in [0.25, 0.3) is 11.6 Å². The number of nitrogens with one attached hydrogen (secondary N) is 1. The fourth-order valence-corrected chi connectivity index (χ4v) is 4.35. The Morgan fingerprint density at radius 2 is 1.68 bits per heavy atom. The summed E-state index contributed by atoms with van der Waals surface area (Å²) in [6.45, 7) is 0. The van der Waals surface area contributed by atoms with E-state index in [0.717, 1.165) is 16.8 Å². The number of nitro groups is 1. The number of carbonyl (C=O) groups is 1. The van der Waals surface area contributed by atoms with Crippen molar-refractivity contribution in [3.63, 3.8) is 0 Å².